The van der Waals surface area contributed by atoms with Crippen molar-refractivity contribution in [3.8, 4) is 11.4 Å². The van der Waals surface area contributed by atoms with Gasteiger partial charge in [-0.3, -0.25) is 0 Å². The number of nitrogens with zero attached hydrogens (tertiary/aromatic N) is 3. The molecule has 188 valence electrons. The number of para-hydroxylation sites is 1. The average Bonchev–Trinajstić information content (AvgIpc) is 2.92. The van der Waals surface area contributed by atoms with Crippen molar-refractivity contribution in [3.05, 3.63) is 107 Å². The molecule has 38 heavy (non-hydrogen) atoms. The summed E-state index contributed by atoms with van der Waals surface area (Å²) in [4.78, 5) is 10.2. The van der Waals surface area contributed by atoms with Gasteiger partial charge in [-0.1, -0.05) is 80.1 Å². The normalized spacial score (nSPS) is 11.9. The van der Waals surface area contributed by atoms with E-state index in [1.165, 1.54) is 21.9 Å². The van der Waals surface area contributed by atoms with Crippen LogP contribution in [0.25, 0.3) is 38.4 Å². The molecule has 4 nitrogen and oxygen atoms in total. The molecule has 0 spiro atoms. The van der Waals surface area contributed by atoms with Gasteiger partial charge in [-0.05, 0) is 72.4 Å². The van der Waals surface area contributed by atoms with Crippen LogP contribution in [0.15, 0.2) is 84.9 Å². The molecule has 5 rings (SSSR count). The number of rotatable bonds is 10. The van der Waals surface area contributed by atoms with Gasteiger partial charge in [-0.25, -0.2) is 9.97 Å². The summed E-state index contributed by atoms with van der Waals surface area (Å²) in [5.41, 5.74) is 5.79. The van der Waals surface area contributed by atoms with Crippen LogP contribution in [0.4, 0.5) is 5.82 Å². The van der Waals surface area contributed by atoms with Gasteiger partial charge in [0.2, 0.25) is 0 Å². The maximum atomic E-state index is 5.11. The second kappa shape index (κ2) is 13.8. The molecule has 1 atom stereocenters. The van der Waals surface area contributed by atoms with Crippen molar-refractivity contribution >= 4 is 27.5 Å². The third-order valence-electron chi connectivity index (χ3n) is 6.93. The molecule has 1 N–H and O–H groups in total. The molecule has 1 aromatic heterocycles. The van der Waals surface area contributed by atoms with Gasteiger partial charge in [0.15, 0.2) is 5.82 Å². The Labute approximate surface area is 269 Å². The molecule has 0 aliphatic heterocycles. The summed E-state index contributed by atoms with van der Waals surface area (Å²) in [7, 11) is 0. The molecule has 0 amide bonds. The third-order valence-corrected chi connectivity index (χ3v) is 6.93. The molecule has 0 saturated carbocycles. The number of hydrogen-bond donors (Lipinski definition) is 1. The van der Waals surface area contributed by atoms with E-state index in [0.29, 0.717) is 6.04 Å². The Kier molecular flexibility index (Phi) is 10.5. The van der Waals surface area contributed by atoms with Crippen molar-refractivity contribution in [3.63, 3.8) is 0 Å². The Morgan fingerprint density at radius 3 is 2.45 bits per heavy atom. The first-order valence-corrected chi connectivity index (χ1v) is 13.4. The fourth-order valence-corrected chi connectivity index (χ4v) is 4.99. The first-order valence-electron chi connectivity index (χ1n) is 13.4. The maximum absolute atomic E-state index is 5.11. The second-order valence-corrected chi connectivity index (χ2v) is 9.84. The molecule has 1 heterocycles. The first-order chi connectivity index (χ1) is 18.1. The minimum Gasteiger partial charge on any atom is -0.662 e. The molecule has 0 radical (unpaired) electrons. The largest absolute Gasteiger partial charge is 1.00 e. The third kappa shape index (κ3) is 6.89. The molecule has 0 fully saturated rings. The number of benzene rings is 4. The smallest absolute Gasteiger partial charge is 0.662 e. The fourth-order valence-electron chi connectivity index (χ4n) is 4.99. The number of nitrogens with one attached hydrogen (secondary N) is 1. The van der Waals surface area contributed by atoms with Crippen LogP contribution in [0.5, 0.6) is 0 Å². The Bertz CT molecular complexity index is 1500. The average molecular weight is 527 g/mol. The SMILES string of the molecule is CC[N-]CCCC(C)Nc1nc(-c2cc(Cc3ccccc3)c3ccccc3c2)nc2c(C)cccc12.[K+]. The van der Waals surface area contributed by atoms with E-state index in [0.717, 1.165) is 66.0 Å². The van der Waals surface area contributed by atoms with Crippen LogP contribution in [0.3, 0.4) is 0 Å². The van der Waals surface area contributed by atoms with E-state index < -0.39 is 0 Å². The van der Waals surface area contributed by atoms with Crippen LogP contribution in [-0.2, 0) is 6.42 Å². The van der Waals surface area contributed by atoms with Crippen molar-refractivity contribution < 1.29 is 51.4 Å². The van der Waals surface area contributed by atoms with E-state index in [1.807, 2.05) is 0 Å². The summed E-state index contributed by atoms with van der Waals surface area (Å²) < 4.78 is 0. The predicted octanol–water partition coefficient (Wildman–Crippen LogP) is 5.33. The molecular weight excluding hydrogens is 491 g/mol. The maximum Gasteiger partial charge on any atom is 1.00 e. The van der Waals surface area contributed by atoms with Crippen molar-refractivity contribution in [2.45, 2.75) is 46.1 Å². The summed E-state index contributed by atoms with van der Waals surface area (Å²) in [6.45, 7) is 8.25. The topological polar surface area (TPSA) is 51.9 Å². The van der Waals surface area contributed by atoms with Crippen molar-refractivity contribution in [2.75, 3.05) is 18.4 Å². The van der Waals surface area contributed by atoms with Crippen molar-refractivity contribution in [1.82, 2.24) is 9.97 Å². The molecule has 5 heteroatoms. The Morgan fingerprint density at radius 1 is 0.868 bits per heavy atom. The Hall–Kier alpha value is -2.12. The van der Waals surface area contributed by atoms with Crippen LogP contribution in [0, 0.1) is 6.92 Å². The molecule has 4 aromatic carbocycles. The first kappa shape index (κ1) is 28.9. The van der Waals surface area contributed by atoms with E-state index in [9.17, 15) is 0 Å². The Balaban J connectivity index is 0.00000336. The number of aromatic nitrogens is 2. The summed E-state index contributed by atoms with van der Waals surface area (Å²) in [5.74, 6) is 1.67. The van der Waals surface area contributed by atoms with Crippen molar-refractivity contribution in [2.24, 2.45) is 0 Å². The minimum atomic E-state index is 0. The standard InChI is InChI=1S/C33H35N4.K/c1-4-34-19-11-13-24(3)35-33-30-18-10-12-23(2)31(30)36-32(37-33)28-21-26-16-8-9-17-29(26)27(22-28)20-25-14-6-5-7-15-25;/h5-10,12,14-18,21-22,24H,4,11,13,19-20H2,1-3H3,(H,35,36,37);/q-1;+1. The number of fused-ring (bicyclic) bond motifs is 2. The van der Waals surface area contributed by atoms with E-state index >= 15 is 0 Å². The van der Waals surface area contributed by atoms with E-state index in [2.05, 4.69) is 116 Å². The van der Waals surface area contributed by atoms with Crippen LogP contribution in [-0.4, -0.2) is 29.1 Å². The van der Waals surface area contributed by atoms with Gasteiger partial charge in [-0.15, -0.1) is 6.54 Å². The zero-order chi connectivity index (χ0) is 25.6. The zero-order valence-corrected chi connectivity index (χ0v) is 26.2. The molecule has 1 unspecified atom stereocenters. The monoisotopic (exact) mass is 526 g/mol. The van der Waals surface area contributed by atoms with Gasteiger partial charge in [0.05, 0.1) is 5.52 Å². The summed E-state index contributed by atoms with van der Waals surface area (Å²) in [6.07, 6.45) is 2.99. The predicted molar refractivity (Wildman–Crippen MR) is 158 cm³/mol. The summed E-state index contributed by atoms with van der Waals surface area (Å²) in [5, 5.41) is 11.7. The number of anilines is 1. The molecule has 0 aliphatic rings. The van der Waals surface area contributed by atoms with Gasteiger partial charge in [0.25, 0.3) is 0 Å². The van der Waals surface area contributed by atoms with Crippen LogP contribution >= 0.6 is 0 Å². The number of hydrogen-bond acceptors (Lipinski definition) is 3. The van der Waals surface area contributed by atoms with E-state index in [4.69, 9.17) is 9.97 Å². The quantitative estimate of drug-likeness (QED) is 0.198. The molecular formula is C33H35KN4. The molecule has 0 bridgehead atoms. The fraction of sp³-hybridized carbons (Fsp3) is 0.273. The van der Waals surface area contributed by atoms with Crippen LogP contribution in [0.1, 0.15) is 43.4 Å². The van der Waals surface area contributed by atoms with Crippen molar-refractivity contribution in [1.29, 1.82) is 0 Å². The van der Waals surface area contributed by atoms with Gasteiger partial charge in [0, 0.05) is 17.0 Å². The Morgan fingerprint density at radius 2 is 1.63 bits per heavy atom. The minimum absolute atomic E-state index is 0. The second-order valence-electron chi connectivity index (χ2n) is 9.84. The molecule has 5 aromatic rings. The zero-order valence-electron chi connectivity index (χ0n) is 23.0. The number of aryl methyl sites for hydroxylation is 1. The molecule has 0 aliphatic carbocycles. The summed E-state index contributed by atoms with van der Waals surface area (Å²) >= 11 is 0. The van der Waals surface area contributed by atoms with E-state index in [1.54, 1.807) is 0 Å². The van der Waals surface area contributed by atoms with Gasteiger partial charge in [-0.2, -0.15) is 6.54 Å². The van der Waals surface area contributed by atoms with Crippen LogP contribution in [0.2, 0.25) is 0 Å². The van der Waals surface area contributed by atoms with Gasteiger partial charge < -0.3 is 10.6 Å². The van der Waals surface area contributed by atoms with E-state index in [-0.39, 0.29) is 51.4 Å². The summed E-state index contributed by atoms with van der Waals surface area (Å²) in [6, 6.07) is 30.4. The van der Waals surface area contributed by atoms with Gasteiger partial charge >= 0.3 is 51.4 Å². The van der Waals surface area contributed by atoms with Gasteiger partial charge in [0.1, 0.15) is 5.82 Å². The molecule has 0 saturated heterocycles. The van der Waals surface area contributed by atoms with Crippen LogP contribution < -0.4 is 56.7 Å².